The van der Waals surface area contributed by atoms with Gasteiger partial charge in [0.15, 0.2) is 0 Å². The second-order valence-electron chi connectivity index (χ2n) is 9.78. The zero-order chi connectivity index (χ0) is 25.3. The van der Waals surface area contributed by atoms with Gasteiger partial charge in [-0.05, 0) is 19.3 Å². The van der Waals surface area contributed by atoms with Crippen molar-refractivity contribution in [3.05, 3.63) is 12.2 Å². The molecule has 0 rings (SSSR count). The van der Waals surface area contributed by atoms with Crippen LogP contribution in [0.4, 0.5) is 0 Å². The van der Waals surface area contributed by atoms with E-state index in [0.29, 0.717) is 43.4 Å². The maximum atomic E-state index is 11.4. The fourth-order valence-electron chi connectivity index (χ4n) is 3.91. The Hall–Kier alpha value is -1.89. The Kier molecular flexibility index (Phi) is 16.6. The zero-order valence-electron chi connectivity index (χ0n) is 21.3. The van der Waals surface area contributed by atoms with Crippen LogP contribution >= 0.6 is 0 Å². The second-order valence-corrected chi connectivity index (χ2v) is 9.78. The molecule has 7 nitrogen and oxygen atoms in total. The molecular weight excluding hydrogens is 422 g/mol. The second kappa shape index (κ2) is 17.6. The lowest BCUT2D eigenvalue weighted by Crippen LogP contribution is -2.52. The van der Waals surface area contributed by atoms with E-state index >= 15 is 0 Å². The van der Waals surface area contributed by atoms with Gasteiger partial charge in [0, 0.05) is 25.7 Å². The molecule has 0 aromatic rings. The van der Waals surface area contributed by atoms with Crippen LogP contribution in [-0.4, -0.2) is 63.9 Å². The van der Waals surface area contributed by atoms with Gasteiger partial charge < -0.3 is 19.8 Å². The minimum Gasteiger partial charge on any atom is -0.481 e. The smallest absolute Gasteiger partial charge is 0.306 e. The number of hydrogen-bond acceptors (Lipinski definition) is 3. The molecular formula is C26H48NO6+. The maximum absolute atomic E-state index is 11.4. The van der Waals surface area contributed by atoms with Gasteiger partial charge in [-0.1, -0.05) is 59.1 Å². The standard InChI is InChI=1S/C26H47NO6/c1-5-6-7-8-9-10-11-12-13-17-27(18-14-21(2)24(28)29,19-15-22(3)25(30)31)20-16-23(4)26(32)33/h10-11,21-23H,5-9,12-20H2,1-4H3,(H2-,28,29,30,31,32,33)/p+1/b11-10+. The van der Waals surface area contributed by atoms with Crippen LogP contribution in [0.2, 0.25) is 0 Å². The average molecular weight is 471 g/mol. The van der Waals surface area contributed by atoms with Crippen molar-refractivity contribution in [2.75, 3.05) is 26.2 Å². The summed E-state index contributed by atoms with van der Waals surface area (Å²) < 4.78 is 0.581. The molecule has 0 amide bonds. The molecule has 0 aliphatic heterocycles. The number of carboxylic acids is 3. The third kappa shape index (κ3) is 14.8. The molecule has 192 valence electrons. The van der Waals surface area contributed by atoms with E-state index in [1.54, 1.807) is 20.8 Å². The Morgan fingerprint density at radius 3 is 1.39 bits per heavy atom. The van der Waals surface area contributed by atoms with Crippen molar-refractivity contribution in [2.45, 2.75) is 91.9 Å². The topological polar surface area (TPSA) is 112 Å². The monoisotopic (exact) mass is 470 g/mol. The average Bonchev–Trinajstić information content (AvgIpc) is 2.77. The van der Waals surface area contributed by atoms with E-state index in [4.69, 9.17) is 0 Å². The molecule has 0 aliphatic rings. The molecule has 3 unspecified atom stereocenters. The first-order chi connectivity index (χ1) is 15.5. The molecule has 0 saturated heterocycles. The Bertz CT molecular complexity index is 544. The van der Waals surface area contributed by atoms with E-state index in [0.717, 1.165) is 25.8 Å². The number of aliphatic carboxylic acids is 3. The fraction of sp³-hybridized carbons (Fsp3) is 0.808. The third-order valence-electron chi connectivity index (χ3n) is 6.77. The summed E-state index contributed by atoms with van der Waals surface area (Å²) >= 11 is 0. The number of allylic oxidation sites excluding steroid dienone is 2. The number of unbranched alkanes of at least 4 members (excludes halogenated alkanes) is 5. The summed E-state index contributed by atoms with van der Waals surface area (Å²) in [5.74, 6) is -3.97. The van der Waals surface area contributed by atoms with Crippen LogP contribution in [0.15, 0.2) is 12.2 Å². The quantitative estimate of drug-likeness (QED) is 0.117. The number of nitrogens with zero attached hydrogens (tertiary/aromatic N) is 1. The minimum atomic E-state index is -0.836. The summed E-state index contributed by atoms with van der Waals surface area (Å²) in [7, 11) is 0. The van der Waals surface area contributed by atoms with Gasteiger partial charge in [0.05, 0.1) is 43.9 Å². The van der Waals surface area contributed by atoms with Crippen molar-refractivity contribution in [1.29, 1.82) is 0 Å². The number of rotatable bonds is 21. The van der Waals surface area contributed by atoms with Crippen LogP contribution in [0.25, 0.3) is 0 Å². The molecule has 33 heavy (non-hydrogen) atoms. The first kappa shape index (κ1) is 31.1. The SMILES string of the molecule is CCCCCC/C=C/CCC[N+](CCC(C)C(=O)O)(CCC(C)C(=O)O)CCC(C)C(=O)O. The summed E-state index contributed by atoms with van der Waals surface area (Å²) in [6, 6.07) is 0. The van der Waals surface area contributed by atoms with Gasteiger partial charge in [-0.2, -0.15) is 0 Å². The van der Waals surface area contributed by atoms with Crippen molar-refractivity contribution < 1.29 is 34.2 Å². The predicted molar refractivity (Wildman–Crippen MR) is 131 cm³/mol. The largest absolute Gasteiger partial charge is 0.481 e. The lowest BCUT2D eigenvalue weighted by molar-refractivity contribution is -0.929. The summed E-state index contributed by atoms with van der Waals surface area (Å²) in [5.41, 5.74) is 0. The normalized spacial score (nSPS) is 16.2. The highest BCUT2D eigenvalue weighted by molar-refractivity contribution is 5.70. The Morgan fingerprint density at radius 1 is 0.636 bits per heavy atom. The lowest BCUT2D eigenvalue weighted by Gasteiger charge is -2.40. The summed E-state index contributed by atoms with van der Waals surface area (Å²) in [4.78, 5) is 34.1. The van der Waals surface area contributed by atoms with Crippen molar-refractivity contribution in [1.82, 2.24) is 0 Å². The molecule has 0 spiro atoms. The van der Waals surface area contributed by atoms with E-state index in [1.807, 2.05) is 0 Å². The van der Waals surface area contributed by atoms with Crippen LogP contribution in [0.1, 0.15) is 91.9 Å². The fourth-order valence-corrected chi connectivity index (χ4v) is 3.91. The zero-order valence-corrected chi connectivity index (χ0v) is 21.3. The molecule has 3 N–H and O–H groups in total. The Labute approximate surface area is 200 Å². The van der Waals surface area contributed by atoms with Gasteiger partial charge in [0.25, 0.3) is 0 Å². The van der Waals surface area contributed by atoms with Gasteiger partial charge in [0.1, 0.15) is 0 Å². The van der Waals surface area contributed by atoms with Crippen LogP contribution in [-0.2, 0) is 14.4 Å². The molecule has 0 aliphatic carbocycles. The summed E-state index contributed by atoms with van der Waals surface area (Å²) in [6.45, 7) is 9.93. The number of quaternary nitrogens is 1. The highest BCUT2D eigenvalue weighted by Gasteiger charge is 2.31. The van der Waals surface area contributed by atoms with Crippen molar-refractivity contribution in [3.63, 3.8) is 0 Å². The van der Waals surface area contributed by atoms with Crippen molar-refractivity contribution in [2.24, 2.45) is 17.8 Å². The van der Waals surface area contributed by atoms with Crippen LogP contribution in [0.5, 0.6) is 0 Å². The summed E-state index contributed by atoms with van der Waals surface area (Å²) in [6.07, 6.45) is 13.8. The van der Waals surface area contributed by atoms with E-state index in [9.17, 15) is 29.7 Å². The number of hydrogen-bond donors (Lipinski definition) is 3. The molecule has 0 aromatic heterocycles. The van der Waals surface area contributed by atoms with Crippen LogP contribution in [0.3, 0.4) is 0 Å². The molecule has 3 atom stereocenters. The first-order valence-corrected chi connectivity index (χ1v) is 12.7. The highest BCUT2D eigenvalue weighted by atomic mass is 16.4. The lowest BCUT2D eigenvalue weighted by atomic mass is 10.0. The van der Waals surface area contributed by atoms with Crippen LogP contribution in [0, 0.1) is 17.8 Å². The maximum Gasteiger partial charge on any atom is 0.306 e. The summed E-state index contributed by atoms with van der Waals surface area (Å²) in [5, 5.41) is 28.0. The van der Waals surface area contributed by atoms with E-state index in [1.165, 1.54) is 25.7 Å². The van der Waals surface area contributed by atoms with Gasteiger partial charge in [0.2, 0.25) is 0 Å². The van der Waals surface area contributed by atoms with Gasteiger partial charge in [-0.3, -0.25) is 14.4 Å². The van der Waals surface area contributed by atoms with Gasteiger partial charge in [-0.25, -0.2) is 0 Å². The Balaban J connectivity index is 5.23. The third-order valence-corrected chi connectivity index (χ3v) is 6.77. The van der Waals surface area contributed by atoms with Gasteiger partial charge >= 0.3 is 17.9 Å². The first-order valence-electron chi connectivity index (χ1n) is 12.7. The van der Waals surface area contributed by atoms with Crippen LogP contribution < -0.4 is 0 Å². The molecule has 0 saturated carbocycles. The molecule has 0 bridgehead atoms. The number of carbonyl (C=O) groups is 3. The van der Waals surface area contributed by atoms with Crippen molar-refractivity contribution in [3.8, 4) is 0 Å². The molecule has 0 aromatic carbocycles. The number of carboxylic acid groups (broad SMARTS) is 3. The van der Waals surface area contributed by atoms with E-state index in [-0.39, 0.29) is 0 Å². The molecule has 0 fully saturated rings. The van der Waals surface area contributed by atoms with E-state index < -0.39 is 35.7 Å². The molecule has 0 radical (unpaired) electrons. The highest BCUT2D eigenvalue weighted by Crippen LogP contribution is 2.21. The molecule has 0 heterocycles. The molecule has 7 heteroatoms. The van der Waals surface area contributed by atoms with E-state index in [2.05, 4.69) is 19.1 Å². The Morgan fingerprint density at radius 2 is 1.03 bits per heavy atom. The van der Waals surface area contributed by atoms with Gasteiger partial charge in [-0.15, -0.1) is 0 Å². The predicted octanol–water partition coefficient (Wildman–Crippen LogP) is 5.44. The van der Waals surface area contributed by atoms with Crippen molar-refractivity contribution >= 4 is 17.9 Å². The minimum absolute atomic E-state index is 0.487.